The van der Waals surface area contributed by atoms with Crippen molar-refractivity contribution in [2.75, 3.05) is 66.7 Å². The van der Waals surface area contributed by atoms with Gasteiger partial charge in [0.2, 0.25) is 23.7 Å². The van der Waals surface area contributed by atoms with Crippen molar-refractivity contribution >= 4 is 69.7 Å². The Kier molecular flexibility index (Phi) is 11.2. The molecule has 1 spiro atoms. The highest BCUT2D eigenvalue weighted by Crippen LogP contribution is 2.43. The van der Waals surface area contributed by atoms with Gasteiger partial charge < -0.3 is 36.4 Å². The summed E-state index contributed by atoms with van der Waals surface area (Å²) in [5.41, 5.74) is 11.1. The minimum Gasteiger partial charge on any atom is -0.374 e. The predicted molar refractivity (Wildman–Crippen MR) is 236 cm³/mol. The van der Waals surface area contributed by atoms with Crippen LogP contribution in [0.4, 0.5) is 38.9 Å². The average molecular weight is 857 g/mol. The highest BCUT2D eigenvalue weighted by Gasteiger charge is 2.51. The van der Waals surface area contributed by atoms with Crippen molar-refractivity contribution in [3.63, 3.8) is 0 Å². The third-order valence-corrected chi connectivity index (χ3v) is 12.6. The minimum atomic E-state index is -0.679. The second kappa shape index (κ2) is 17.1. The fourth-order valence-electron chi connectivity index (χ4n) is 9.06. The Morgan fingerprint density at radius 2 is 1.56 bits per heavy atom. The molecule has 4 aliphatic heterocycles. The molecule has 5 heterocycles. The van der Waals surface area contributed by atoms with Crippen LogP contribution >= 0.6 is 11.6 Å². The number of anilines is 6. The number of amides is 4. The molecule has 4 saturated heterocycles. The molecular formula is C46H46ClFN10O4. The van der Waals surface area contributed by atoms with Crippen molar-refractivity contribution in [2.45, 2.75) is 31.7 Å². The summed E-state index contributed by atoms with van der Waals surface area (Å²) < 4.78 is 14.9. The number of carbonyl (C=O) groups is 4. The van der Waals surface area contributed by atoms with Gasteiger partial charge in [0.25, 0.3) is 5.91 Å². The molecule has 4 aliphatic rings. The van der Waals surface area contributed by atoms with E-state index in [2.05, 4.69) is 53.2 Å². The van der Waals surface area contributed by atoms with Gasteiger partial charge >= 0.3 is 0 Å². The number of imide groups is 1. The molecule has 1 unspecified atom stereocenters. The topological polar surface area (TPSA) is 178 Å². The lowest BCUT2D eigenvalue weighted by Gasteiger charge is -2.61. The maximum absolute atomic E-state index is 14.9. The van der Waals surface area contributed by atoms with E-state index in [9.17, 15) is 23.6 Å². The number of nitrogens with zero attached hydrogens (tertiary/aromatic N) is 5. The first-order chi connectivity index (χ1) is 30.0. The van der Waals surface area contributed by atoms with Crippen molar-refractivity contribution in [1.29, 1.82) is 0 Å². The van der Waals surface area contributed by atoms with Crippen molar-refractivity contribution in [3.8, 4) is 11.1 Å². The monoisotopic (exact) mass is 856 g/mol. The second-order valence-corrected chi connectivity index (χ2v) is 17.2. The highest BCUT2D eigenvalue weighted by molar-refractivity contribution is 6.33. The Bertz CT molecular complexity index is 2520. The summed E-state index contributed by atoms with van der Waals surface area (Å²) in [5.74, 6) is -1.18. The number of nitrogens with one attached hydrogen (secondary N) is 4. The summed E-state index contributed by atoms with van der Waals surface area (Å²) in [4.78, 5) is 64.5. The number of aromatic nitrogens is 2. The number of halogens is 2. The van der Waals surface area contributed by atoms with Crippen LogP contribution in [0.5, 0.6) is 0 Å². The smallest absolute Gasteiger partial charge is 0.253 e. The van der Waals surface area contributed by atoms with Crippen LogP contribution < -0.4 is 31.9 Å². The number of carbonyl (C=O) groups excluding carboxylic acids is 4. The van der Waals surface area contributed by atoms with Crippen LogP contribution in [0.3, 0.4) is 0 Å². The number of benzene rings is 4. The van der Waals surface area contributed by atoms with Crippen LogP contribution in [0.1, 0.15) is 46.4 Å². The molecule has 62 heavy (non-hydrogen) atoms. The number of hydrogen-bond acceptors (Lipinski definition) is 11. The highest BCUT2D eigenvalue weighted by atomic mass is 35.5. The van der Waals surface area contributed by atoms with Crippen molar-refractivity contribution in [3.05, 3.63) is 119 Å². The maximum atomic E-state index is 14.9. The van der Waals surface area contributed by atoms with Crippen LogP contribution in [0, 0.1) is 17.2 Å². The van der Waals surface area contributed by atoms with E-state index in [1.54, 1.807) is 66.7 Å². The van der Waals surface area contributed by atoms with Gasteiger partial charge in [0.1, 0.15) is 6.04 Å². The molecule has 16 heteroatoms. The minimum absolute atomic E-state index is 0.00437. The summed E-state index contributed by atoms with van der Waals surface area (Å²) in [6, 6.07) is 26.7. The summed E-state index contributed by atoms with van der Waals surface area (Å²) >= 11 is 6.42. The maximum Gasteiger partial charge on any atom is 0.253 e. The number of primary amides is 1. The number of likely N-dealkylation sites (tertiary alicyclic amines) is 2. The summed E-state index contributed by atoms with van der Waals surface area (Å²) in [6.45, 7) is 6.74. The third kappa shape index (κ3) is 8.76. The van der Waals surface area contributed by atoms with Crippen molar-refractivity contribution in [1.82, 2.24) is 25.1 Å². The van der Waals surface area contributed by atoms with Crippen LogP contribution in [0.15, 0.2) is 97.2 Å². The first-order valence-corrected chi connectivity index (χ1v) is 21.2. The molecular weight excluding hydrogens is 811 g/mol. The lowest BCUT2D eigenvalue weighted by atomic mass is 9.72. The molecule has 9 rings (SSSR count). The molecule has 4 fully saturated rings. The fourth-order valence-corrected chi connectivity index (χ4v) is 9.30. The summed E-state index contributed by atoms with van der Waals surface area (Å²) in [6.07, 6.45) is 3.84. The molecule has 4 amide bonds. The molecule has 1 aromatic heterocycles. The molecule has 4 aromatic carbocycles. The molecule has 0 saturated carbocycles. The van der Waals surface area contributed by atoms with E-state index >= 15 is 0 Å². The summed E-state index contributed by atoms with van der Waals surface area (Å²) in [5, 5.41) is 12.1. The normalized spacial score (nSPS) is 18.7. The first kappa shape index (κ1) is 40.8. The Morgan fingerprint density at radius 3 is 2.27 bits per heavy atom. The molecule has 0 bridgehead atoms. The van der Waals surface area contributed by atoms with Gasteiger partial charge in [-0.1, -0.05) is 29.8 Å². The molecule has 0 aliphatic carbocycles. The SMILES string of the molecule is NC(=O)c1ccc(Nc2nc(Nc3ccc(C(=O)N4CCC(CN5CC6(C5)CN(c5ccc(NC7CCC(=O)NC7=O)cc5)C6)CC4)cc3)ncc2F)cc1-c1ccccc1Cl. The van der Waals surface area contributed by atoms with E-state index in [4.69, 9.17) is 17.3 Å². The Balaban J connectivity index is 0.721. The van der Waals surface area contributed by atoms with Gasteiger partial charge in [-0.15, -0.1) is 0 Å². The van der Waals surface area contributed by atoms with E-state index in [0.29, 0.717) is 57.3 Å². The van der Waals surface area contributed by atoms with Crippen LogP contribution in [0.2, 0.25) is 5.02 Å². The second-order valence-electron chi connectivity index (χ2n) is 16.8. The van der Waals surface area contributed by atoms with Gasteiger partial charge in [-0.2, -0.15) is 4.98 Å². The zero-order valence-corrected chi connectivity index (χ0v) is 34.6. The largest absolute Gasteiger partial charge is 0.374 e. The molecule has 1 atom stereocenters. The lowest BCUT2D eigenvalue weighted by molar-refractivity contribution is -0.133. The molecule has 0 radical (unpaired) electrons. The van der Waals surface area contributed by atoms with E-state index < -0.39 is 17.8 Å². The zero-order valence-electron chi connectivity index (χ0n) is 33.9. The van der Waals surface area contributed by atoms with Gasteiger partial charge in [-0.05, 0) is 104 Å². The van der Waals surface area contributed by atoms with Crippen LogP contribution in [-0.4, -0.2) is 95.3 Å². The third-order valence-electron chi connectivity index (χ3n) is 12.2. The quantitative estimate of drug-likeness (QED) is 0.0876. The van der Waals surface area contributed by atoms with E-state index in [-0.39, 0.29) is 35.1 Å². The fraction of sp³-hybridized carbons (Fsp3) is 0.304. The van der Waals surface area contributed by atoms with Gasteiger partial charge in [-0.25, -0.2) is 9.37 Å². The van der Waals surface area contributed by atoms with Crippen LogP contribution in [0.25, 0.3) is 11.1 Å². The number of hydrogen-bond donors (Lipinski definition) is 5. The number of piperidine rings is 2. The number of rotatable bonds is 12. The van der Waals surface area contributed by atoms with Gasteiger partial charge in [-0.3, -0.25) is 24.5 Å². The number of nitrogens with two attached hydrogens (primary N) is 1. The molecule has 5 aromatic rings. The zero-order chi connectivity index (χ0) is 43.0. The van der Waals surface area contributed by atoms with Crippen LogP contribution in [-0.2, 0) is 9.59 Å². The van der Waals surface area contributed by atoms with Gasteiger partial charge in [0, 0.05) is 102 Å². The lowest BCUT2D eigenvalue weighted by Crippen LogP contribution is -2.72. The Morgan fingerprint density at radius 1 is 0.855 bits per heavy atom. The first-order valence-electron chi connectivity index (χ1n) is 20.8. The molecule has 318 valence electrons. The van der Waals surface area contributed by atoms with E-state index in [1.807, 2.05) is 17.0 Å². The predicted octanol–water partition coefficient (Wildman–Crippen LogP) is 6.41. The van der Waals surface area contributed by atoms with Crippen molar-refractivity contribution in [2.24, 2.45) is 17.1 Å². The van der Waals surface area contributed by atoms with E-state index in [1.165, 1.54) is 5.69 Å². The van der Waals surface area contributed by atoms with Gasteiger partial charge in [0.15, 0.2) is 11.6 Å². The average Bonchev–Trinajstić information content (AvgIpc) is 3.24. The van der Waals surface area contributed by atoms with Gasteiger partial charge in [0.05, 0.1) is 6.20 Å². The molecule has 6 N–H and O–H groups in total. The molecule has 14 nitrogen and oxygen atoms in total. The van der Waals surface area contributed by atoms with Crippen molar-refractivity contribution < 1.29 is 23.6 Å². The Labute approximate surface area is 363 Å². The Hall–Kier alpha value is -6.58. The standard InChI is InChI=1S/C46H46ClFN10O4/c47-37-4-2-1-3-34(37)36-21-32(11-14-35(36)41(49)60)52-42-38(48)22-50-45(55-42)53-31-7-5-29(6-8-31)44(62)57-19-17-28(18-20-57)23-56-24-46(25-56)26-58(27-46)33-12-9-30(10-13-33)51-39-15-16-40(59)54-43(39)61/h1-14,21-22,28,39,51H,15-20,23-27H2,(H2,49,60)(H,54,59,61)(H2,50,52,53,55). The summed E-state index contributed by atoms with van der Waals surface area (Å²) in [7, 11) is 0. The van der Waals surface area contributed by atoms with E-state index in [0.717, 1.165) is 70.5 Å².